The van der Waals surface area contributed by atoms with Crippen molar-refractivity contribution in [3.63, 3.8) is 0 Å². The summed E-state index contributed by atoms with van der Waals surface area (Å²) in [5.41, 5.74) is 3.37. The van der Waals surface area contributed by atoms with Crippen LogP contribution in [0.3, 0.4) is 0 Å². The topological polar surface area (TPSA) is 3.24 Å². The van der Waals surface area contributed by atoms with Crippen LogP contribution < -0.4 is 0 Å². The van der Waals surface area contributed by atoms with E-state index < -0.39 is 0 Å². The Balaban J connectivity index is 2.34. The third kappa shape index (κ3) is 7.30. The molecule has 0 bridgehead atoms. The fourth-order valence-corrected chi connectivity index (χ4v) is 3.11. The molecule has 0 amide bonds. The van der Waals surface area contributed by atoms with Gasteiger partial charge >= 0.3 is 0 Å². The SMILES string of the molecule is C=C(CC)C(CCC)CCN(C)CCCc1cc(C)ccc1F. The third-order valence-electron chi connectivity index (χ3n) is 4.72. The number of aryl methyl sites for hydroxylation is 2. The molecule has 0 saturated carbocycles. The minimum absolute atomic E-state index is 0.0690. The molecule has 0 radical (unpaired) electrons. The van der Waals surface area contributed by atoms with Gasteiger partial charge in [-0.15, -0.1) is 0 Å². The Bertz CT molecular complexity index is 481. The van der Waals surface area contributed by atoms with Gasteiger partial charge in [0.25, 0.3) is 0 Å². The van der Waals surface area contributed by atoms with E-state index in [0.29, 0.717) is 5.92 Å². The second kappa shape index (κ2) is 10.6. The fourth-order valence-electron chi connectivity index (χ4n) is 3.11. The lowest BCUT2D eigenvalue weighted by molar-refractivity contribution is 0.300. The first-order valence-corrected chi connectivity index (χ1v) is 9.09. The van der Waals surface area contributed by atoms with E-state index in [1.165, 1.54) is 24.8 Å². The molecule has 0 aliphatic rings. The number of nitrogens with zero attached hydrogens (tertiary/aromatic N) is 1. The van der Waals surface area contributed by atoms with Crippen molar-refractivity contribution in [2.75, 3.05) is 20.1 Å². The molecule has 0 fully saturated rings. The molecule has 0 saturated heterocycles. The molecule has 2 heteroatoms. The zero-order chi connectivity index (χ0) is 17.2. The number of allylic oxidation sites excluding steroid dienone is 1. The number of halogens is 1. The largest absolute Gasteiger partial charge is 0.306 e. The lowest BCUT2D eigenvalue weighted by Crippen LogP contribution is -2.23. The second-order valence-corrected chi connectivity index (χ2v) is 6.79. The molecule has 1 atom stereocenters. The first-order valence-electron chi connectivity index (χ1n) is 9.09. The molecular weight excluding hydrogens is 285 g/mol. The molecule has 0 aliphatic carbocycles. The van der Waals surface area contributed by atoms with Crippen LogP contribution in [0.15, 0.2) is 30.4 Å². The van der Waals surface area contributed by atoms with Gasteiger partial charge in [-0.1, -0.05) is 50.1 Å². The summed E-state index contributed by atoms with van der Waals surface area (Å²) >= 11 is 0. The van der Waals surface area contributed by atoms with E-state index in [-0.39, 0.29) is 5.82 Å². The maximum Gasteiger partial charge on any atom is 0.126 e. The average Bonchev–Trinajstić information content (AvgIpc) is 2.53. The van der Waals surface area contributed by atoms with E-state index >= 15 is 0 Å². The Labute approximate surface area is 142 Å². The highest BCUT2D eigenvalue weighted by Gasteiger charge is 2.11. The zero-order valence-electron chi connectivity index (χ0n) is 15.5. The van der Waals surface area contributed by atoms with Crippen LogP contribution in [0.1, 0.15) is 57.1 Å². The number of hydrogen-bond acceptors (Lipinski definition) is 1. The predicted molar refractivity (Wildman–Crippen MR) is 99.4 cm³/mol. The van der Waals surface area contributed by atoms with Crippen molar-refractivity contribution in [2.24, 2.45) is 5.92 Å². The lowest BCUT2D eigenvalue weighted by Gasteiger charge is -2.22. The molecule has 1 aromatic rings. The quantitative estimate of drug-likeness (QED) is 0.468. The van der Waals surface area contributed by atoms with E-state index in [1.54, 1.807) is 6.07 Å². The summed E-state index contributed by atoms with van der Waals surface area (Å²) < 4.78 is 13.7. The standard InChI is InChI=1S/C21H34FN/c1-6-9-19(18(4)7-2)13-15-23(5)14-8-10-20-16-17(3)11-12-21(20)22/h11-12,16,19H,4,6-10,13-15H2,1-3,5H3. The minimum Gasteiger partial charge on any atom is -0.306 e. The average molecular weight is 320 g/mol. The van der Waals surface area contributed by atoms with Crippen molar-refractivity contribution in [2.45, 2.75) is 59.3 Å². The van der Waals surface area contributed by atoms with Gasteiger partial charge in [-0.2, -0.15) is 0 Å². The normalized spacial score (nSPS) is 12.6. The fraction of sp³-hybridized carbons (Fsp3) is 0.619. The third-order valence-corrected chi connectivity index (χ3v) is 4.72. The molecule has 130 valence electrons. The highest BCUT2D eigenvalue weighted by Crippen LogP contribution is 2.22. The van der Waals surface area contributed by atoms with E-state index in [0.717, 1.165) is 43.5 Å². The first-order chi connectivity index (χ1) is 11.0. The van der Waals surface area contributed by atoms with Crippen molar-refractivity contribution in [1.82, 2.24) is 4.90 Å². The molecule has 0 aromatic heterocycles. The predicted octanol–water partition coefficient (Wildman–Crippen LogP) is 5.77. The highest BCUT2D eigenvalue weighted by molar-refractivity contribution is 5.24. The van der Waals surface area contributed by atoms with Crippen LogP contribution in [0.4, 0.5) is 4.39 Å². The van der Waals surface area contributed by atoms with Crippen molar-refractivity contribution < 1.29 is 4.39 Å². The van der Waals surface area contributed by atoms with E-state index in [1.807, 2.05) is 19.1 Å². The molecule has 0 heterocycles. The Morgan fingerprint density at radius 3 is 2.61 bits per heavy atom. The molecule has 0 N–H and O–H groups in total. The van der Waals surface area contributed by atoms with Crippen LogP contribution in [-0.2, 0) is 6.42 Å². The summed E-state index contributed by atoms with van der Waals surface area (Å²) in [5, 5.41) is 0. The van der Waals surface area contributed by atoms with Gasteiger partial charge in [0.05, 0.1) is 0 Å². The summed E-state index contributed by atoms with van der Waals surface area (Å²) in [5.74, 6) is 0.585. The van der Waals surface area contributed by atoms with Gasteiger partial charge in [-0.05, 0) is 76.7 Å². The van der Waals surface area contributed by atoms with Crippen molar-refractivity contribution in [1.29, 1.82) is 0 Å². The van der Waals surface area contributed by atoms with Gasteiger partial charge in [0.15, 0.2) is 0 Å². The first kappa shape index (κ1) is 19.9. The zero-order valence-corrected chi connectivity index (χ0v) is 15.5. The van der Waals surface area contributed by atoms with Crippen LogP contribution in [0.25, 0.3) is 0 Å². The molecule has 23 heavy (non-hydrogen) atoms. The van der Waals surface area contributed by atoms with Gasteiger partial charge < -0.3 is 4.90 Å². The number of rotatable bonds is 11. The number of hydrogen-bond donors (Lipinski definition) is 0. The summed E-state index contributed by atoms with van der Waals surface area (Å²) in [7, 11) is 2.17. The molecule has 1 aromatic carbocycles. The Hall–Kier alpha value is -1.15. The summed E-state index contributed by atoms with van der Waals surface area (Å²) in [6.07, 6.45) is 6.56. The molecule has 1 nitrogen and oxygen atoms in total. The lowest BCUT2D eigenvalue weighted by atomic mass is 9.90. The van der Waals surface area contributed by atoms with E-state index in [4.69, 9.17) is 0 Å². The summed E-state index contributed by atoms with van der Waals surface area (Å²) in [6, 6.07) is 5.39. The smallest absolute Gasteiger partial charge is 0.126 e. The monoisotopic (exact) mass is 319 g/mol. The molecular formula is C21H34FN. The number of benzene rings is 1. The van der Waals surface area contributed by atoms with Gasteiger partial charge in [0, 0.05) is 0 Å². The Kier molecular flexibility index (Phi) is 9.16. The molecule has 0 spiro atoms. The van der Waals surface area contributed by atoms with Gasteiger partial charge in [-0.25, -0.2) is 4.39 Å². The van der Waals surface area contributed by atoms with Gasteiger partial charge in [0.1, 0.15) is 5.82 Å². The Morgan fingerprint density at radius 1 is 1.22 bits per heavy atom. The maximum absolute atomic E-state index is 13.7. The van der Waals surface area contributed by atoms with E-state index in [2.05, 4.69) is 32.4 Å². The van der Waals surface area contributed by atoms with Crippen molar-refractivity contribution >= 4 is 0 Å². The highest BCUT2D eigenvalue weighted by atomic mass is 19.1. The molecule has 1 unspecified atom stereocenters. The van der Waals surface area contributed by atoms with Crippen LogP contribution >= 0.6 is 0 Å². The Morgan fingerprint density at radius 2 is 1.96 bits per heavy atom. The van der Waals surface area contributed by atoms with Crippen LogP contribution in [0.2, 0.25) is 0 Å². The van der Waals surface area contributed by atoms with Crippen LogP contribution in [-0.4, -0.2) is 25.0 Å². The summed E-state index contributed by atoms with van der Waals surface area (Å²) in [6.45, 7) is 12.8. The summed E-state index contributed by atoms with van der Waals surface area (Å²) in [4.78, 5) is 2.37. The van der Waals surface area contributed by atoms with Gasteiger partial charge in [-0.3, -0.25) is 0 Å². The maximum atomic E-state index is 13.7. The van der Waals surface area contributed by atoms with Crippen molar-refractivity contribution in [3.05, 3.63) is 47.3 Å². The van der Waals surface area contributed by atoms with Gasteiger partial charge in [0.2, 0.25) is 0 Å². The molecule has 1 rings (SSSR count). The van der Waals surface area contributed by atoms with E-state index in [9.17, 15) is 4.39 Å². The second-order valence-electron chi connectivity index (χ2n) is 6.79. The van der Waals surface area contributed by atoms with Crippen molar-refractivity contribution in [3.8, 4) is 0 Å². The minimum atomic E-state index is -0.0690. The van der Waals surface area contributed by atoms with Crippen LogP contribution in [0, 0.1) is 18.7 Å². The van der Waals surface area contributed by atoms with Crippen LogP contribution in [0.5, 0.6) is 0 Å². The molecule has 0 aliphatic heterocycles.